The Labute approximate surface area is 205 Å². The third-order valence-electron chi connectivity index (χ3n) is 8.24. The van der Waals surface area contributed by atoms with Crippen molar-refractivity contribution in [2.24, 2.45) is 17.6 Å². The number of esters is 1. The quantitative estimate of drug-likeness (QED) is 0.311. The molecule has 0 amide bonds. The number of rotatable bonds is 8. The molecule has 3 aliphatic rings. The van der Waals surface area contributed by atoms with Crippen LogP contribution < -0.4 is 16.4 Å². The van der Waals surface area contributed by atoms with Crippen LogP contribution in [0.15, 0.2) is 11.8 Å². The minimum atomic E-state index is -1.10. The number of ketones is 1. The van der Waals surface area contributed by atoms with Gasteiger partial charge in [0.1, 0.15) is 6.23 Å². The van der Waals surface area contributed by atoms with E-state index in [2.05, 4.69) is 17.6 Å². The Morgan fingerprint density at radius 3 is 2.35 bits per heavy atom. The number of hydrogen-bond donors (Lipinski definition) is 4. The van der Waals surface area contributed by atoms with Crippen LogP contribution in [0.3, 0.4) is 0 Å². The number of carbonyl (C=O) groups is 2. The number of piperidine rings is 1. The highest BCUT2D eigenvalue weighted by Crippen LogP contribution is 2.43. The summed E-state index contributed by atoms with van der Waals surface area (Å²) in [6, 6.07) is -0.357. The average Bonchev–Trinajstić information content (AvgIpc) is 3.32. The standard InChI is InChI=1S/C27H47N3O4/c1-3-5-13-21-19(26(33)34-4-2)18-20(24(31)22-14-15-23(29-22)25(28)32)27(30-21)16-11-9-7-6-8-10-12-17-27/h15,19-22,25,29-30,32H,3-14,16-18,28H2,1-2H3. The lowest BCUT2D eigenvalue weighted by molar-refractivity contribution is -0.153. The van der Waals surface area contributed by atoms with Gasteiger partial charge in [0, 0.05) is 17.5 Å². The molecular weight excluding hydrogens is 430 g/mol. The molecule has 2 fully saturated rings. The lowest BCUT2D eigenvalue weighted by Gasteiger charge is -2.51. The highest BCUT2D eigenvalue weighted by Gasteiger charge is 2.52. The molecule has 3 rings (SSSR count). The van der Waals surface area contributed by atoms with Crippen molar-refractivity contribution in [1.29, 1.82) is 0 Å². The van der Waals surface area contributed by atoms with Gasteiger partial charge in [-0.2, -0.15) is 0 Å². The van der Waals surface area contributed by atoms with Crippen LogP contribution in [0.5, 0.6) is 0 Å². The summed E-state index contributed by atoms with van der Waals surface area (Å²) in [6.07, 6.45) is 15.2. The number of unbranched alkanes of at least 4 members (excludes halogenated alkanes) is 1. The number of carbonyl (C=O) groups excluding carboxylic acids is 2. The highest BCUT2D eigenvalue weighted by atomic mass is 16.5. The van der Waals surface area contributed by atoms with Crippen LogP contribution in [0.2, 0.25) is 0 Å². The molecule has 2 aliphatic heterocycles. The predicted octanol–water partition coefficient (Wildman–Crippen LogP) is 3.69. The van der Waals surface area contributed by atoms with Gasteiger partial charge >= 0.3 is 5.97 Å². The van der Waals surface area contributed by atoms with Crippen LogP contribution in [-0.2, 0) is 14.3 Å². The predicted molar refractivity (Wildman–Crippen MR) is 134 cm³/mol. The van der Waals surface area contributed by atoms with Crippen molar-refractivity contribution >= 4 is 11.8 Å². The molecule has 5 atom stereocenters. The third kappa shape index (κ3) is 6.61. The molecule has 1 saturated heterocycles. The molecule has 1 saturated carbocycles. The molecule has 0 aromatic rings. The molecule has 0 radical (unpaired) electrons. The van der Waals surface area contributed by atoms with E-state index >= 15 is 0 Å². The van der Waals surface area contributed by atoms with Gasteiger partial charge in [0.15, 0.2) is 5.78 Å². The second kappa shape index (κ2) is 13.0. The lowest BCUT2D eigenvalue weighted by atomic mass is 9.64. The zero-order valence-corrected chi connectivity index (χ0v) is 21.3. The number of ether oxygens (including phenoxy) is 1. The number of aliphatic hydroxyl groups excluding tert-OH is 1. The fourth-order valence-corrected chi connectivity index (χ4v) is 6.39. The summed E-state index contributed by atoms with van der Waals surface area (Å²) >= 11 is 0. The summed E-state index contributed by atoms with van der Waals surface area (Å²) in [6.45, 7) is 4.37. The zero-order chi connectivity index (χ0) is 24.6. The van der Waals surface area contributed by atoms with Gasteiger partial charge in [-0.05, 0) is 39.0 Å². The van der Waals surface area contributed by atoms with Gasteiger partial charge in [-0.15, -0.1) is 0 Å². The van der Waals surface area contributed by atoms with Crippen LogP contribution in [-0.4, -0.2) is 47.3 Å². The Bertz CT molecular complexity index is 698. The molecule has 1 spiro atoms. The van der Waals surface area contributed by atoms with Gasteiger partial charge in [0.2, 0.25) is 0 Å². The van der Waals surface area contributed by atoms with Gasteiger partial charge in [-0.25, -0.2) is 0 Å². The average molecular weight is 478 g/mol. The molecule has 2 heterocycles. The van der Waals surface area contributed by atoms with Crippen LogP contribution in [0.25, 0.3) is 0 Å². The Morgan fingerprint density at radius 2 is 1.79 bits per heavy atom. The van der Waals surface area contributed by atoms with Crippen molar-refractivity contribution in [3.8, 4) is 0 Å². The normalized spacial score (nSPS) is 30.8. The van der Waals surface area contributed by atoms with Gasteiger partial charge in [0.25, 0.3) is 0 Å². The Hall–Kier alpha value is -1.44. The van der Waals surface area contributed by atoms with Crippen molar-refractivity contribution in [1.82, 2.24) is 10.6 Å². The highest BCUT2D eigenvalue weighted by molar-refractivity contribution is 5.89. The number of nitrogens with one attached hydrogen (secondary N) is 2. The Morgan fingerprint density at radius 1 is 1.15 bits per heavy atom. The summed E-state index contributed by atoms with van der Waals surface area (Å²) in [7, 11) is 0. The molecule has 1 aliphatic carbocycles. The first kappa shape index (κ1) is 27.2. The van der Waals surface area contributed by atoms with Crippen molar-refractivity contribution in [2.45, 2.75) is 128 Å². The first-order valence-corrected chi connectivity index (χ1v) is 13.8. The molecule has 5 N–H and O–H groups in total. The van der Waals surface area contributed by atoms with E-state index in [1.165, 1.54) is 32.1 Å². The smallest absolute Gasteiger partial charge is 0.310 e. The summed E-state index contributed by atoms with van der Waals surface area (Å²) < 4.78 is 5.48. The van der Waals surface area contributed by atoms with E-state index in [1.807, 2.05) is 13.0 Å². The summed E-state index contributed by atoms with van der Waals surface area (Å²) in [5.74, 6) is -0.617. The molecule has 5 unspecified atom stereocenters. The van der Waals surface area contributed by atoms with Crippen LogP contribution in [0.1, 0.15) is 104 Å². The molecule has 0 bridgehead atoms. The van der Waals surface area contributed by atoms with Gasteiger partial charge < -0.3 is 26.2 Å². The Kier molecular flexibility index (Phi) is 10.4. The SMILES string of the molecule is CCCCC1NC2(CCCCCCCCC2)C(C(=O)C2CC=C(C(N)O)N2)CC1C(=O)OCC. The van der Waals surface area contributed by atoms with Crippen LogP contribution >= 0.6 is 0 Å². The maximum atomic E-state index is 14.0. The van der Waals surface area contributed by atoms with Gasteiger partial charge in [0.05, 0.1) is 24.3 Å². The molecule has 0 aromatic heterocycles. The molecule has 34 heavy (non-hydrogen) atoms. The van der Waals surface area contributed by atoms with E-state index in [9.17, 15) is 14.7 Å². The van der Waals surface area contributed by atoms with Gasteiger partial charge in [-0.3, -0.25) is 9.59 Å². The zero-order valence-electron chi connectivity index (χ0n) is 21.3. The summed E-state index contributed by atoms with van der Waals surface area (Å²) in [5, 5.41) is 16.9. The number of aliphatic hydroxyl groups is 1. The fraction of sp³-hybridized carbons (Fsp3) is 0.852. The third-order valence-corrected chi connectivity index (χ3v) is 8.24. The number of hydrogen-bond acceptors (Lipinski definition) is 7. The van der Waals surface area contributed by atoms with Crippen molar-refractivity contribution in [2.75, 3.05) is 6.61 Å². The van der Waals surface area contributed by atoms with E-state index in [0.29, 0.717) is 25.1 Å². The monoisotopic (exact) mass is 477 g/mol. The summed E-state index contributed by atoms with van der Waals surface area (Å²) in [5.41, 5.74) is 5.87. The Balaban J connectivity index is 1.90. The largest absolute Gasteiger partial charge is 0.466 e. The minimum absolute atomic E-state index is 0.0436. The topological polar surface area (TPSA) is 114 Å². The molecule has 194 valence electrons. The fourth-order valence-electron chi connectivity index (χ4n) is 6.39. The maximum absolute atomic E-state index is 14.0. The van der Waals surface area contributed by atoms with Crippen molar-refractivity contribution in [3.63, 3.8) is 0 Å². The van der Waals surface area contributed by atoms with E-state index in [0.717, 1.165) is 44.9 Å². The second-order valence-corrected chi connectivity index (χ2v) is 10.6. The van der Waals surface area contributed by atoms with E-state index in [4.69, 9.17) is 10.5 Å². The number of nitrogens with two attached hydrogens (primary N) is 1. The molecule has 7 nitrogen and oxygen atoms in total. The molecule has 0 aromatic carbocycles. The summed E-state index contributed by atoms with van der Waals surface area (Å²) in [4.78, 5) is 27.1. The van der Waals surface area contributed by atoms with E-state index in [1.54, 1.807) is 0 Å². The van der Waals surface area contributed by atoms with E-state index < -0.39 is 12.3 Å². The second-order valence-electron chi connectivity index (χ2n) is 10.6. The number of Topliss-reactive ketones (excluding diaryl/α,β-unsaturated/α-hetero) is 1. The minimum Gasteiger partial charge on any atom is -0.466 e. The van der Waals surface area contributed by atoms with Crippen LogP contribution in [0, 0.1) is 11.8 Å². The lowest BCUT2D eigenvalue weighted by Crippen LogP contribution is -2.66. The molecular formula is C27H47N3O4. The first-order chi connectivity index (χ1) is 16.4. The first-order valence-electron chi connectivity index (χ1n) is 13.8. The van der Waals surface area contributed by atoms with E-state index in [-0.39, 0.29) is 35.2 Å². The molecule has 7 heteroatoms. The maximum Gasteiger partial charge on any atom is 0.310 e. The van der Waals surface area contributed by atoms with Gasteiger partial charge in [-0.1, -0.05) is 70.8 Å². The van der Waals surface area contributed by atoms with Crippen molar-refractivity contribution < 1.29 is 19.4 Å². The van der Waals surface area contributed by atoms with Crippen molar-refractivity contribution in [3.05, 3.63) is 11.8 Å². The van der Waals surface area contributed by atoms with Crippen LogP contribution in [0.4, 0.5) is 0 Å².